The molecule has 1 atom stereocenters. The minimum Gasteiger partial charge on any atom is -0.314 e. The molecule has 19 heavy (non-hydrogen) atoms. The van der Waals surface area contributed by atoms with E-state index in [9.17, 15) is 0 Å². The van der Waals surface area contributed by atoms with Crippen molar-refractivity contribution in [2.24, 2.45) is 0 Å². The lowest BCUT2D eigenvalue weighted by Crippen LogP contribution is -2.45. The Bertz CT molecular complexity index is 430. The fourth-order valence-corrected chi connectivity index (χ4v) is 3.27. The Morgan fingerprint density at radius 1 is 1.42 bits per heavy atom. The van der Waals surface area contributed by atoms with E-state index in [4.69, 9.17) is 11.6 Å². The summed E-state index contributed by atoms with van der Waals surface area (Å²) >= 11 is 9.82. The summed E-state index contributed by atoms with van der Waals surface area (Å²) in [4.78, 5) is 2.54. The second-order valence-electron chi connectivity index (χ2n) is 4.83. The molecule has 1 saturated heterocycles. The zero-order chi connectivity index (χ0) is 13.7. The minimum absolute atomic E-state index is 0.410. The predicted molar refractivity (Wildman–Crippen MR) is 85.8 cm³/mol. The molecule has 0 radical (unpaired) electrons. The van der Waals surface area contributed by atoms with Gasteiger partial charge in [-0.3, -0.25) is 4.90 Å². The topological polar surface area (TPSA) is 15.3 Å². The third-order valence-corrected chi connectivity index (χ3v) is 4.51. The maximum absolute atomic E-state index is 6.16. The second-order valence-corrected chi connectivity index (χ2v) is 6.12. The van der Waals surface area contributed by atoms with Crippen molar-refractivity contribution in [2.45, 2.75) is 18.9 Å². The molecule has 1 aromatic rings. The molecule has 1 N–H and O–H groups in total. The first-order valence-corrected chi connectivity index (χ1v) is 7.90. The number of hydrogen-bond acceptors (Lipinski definition) is 2. The van der Waals surface area contributed by atoms with Gasteiger partial charge in [-0.15, -0.1) is 6.58 Å². The Morgan fingerprint density at radius 3 is 2.84 bits per heavy atom. The molecule has 0 saturated carbocycles. The molecule has 4 heteroatoms. The Kier molecular flexibility index (Phi) is 5.89. The monoisotopic (exact) mass is 342 g/mol. The molecule has 1 aliphatic heterocycles. The lowest BCUT2D eigenvalue weighted by atomic mass is 9.99. The van der Waals surface area contributed by atoms with E-state index in [1.165, 1.54) is 5.56 Å². The zero-order valence-electron chi connectivity index (χ0n) is 11.0. The van der Waals surface area contributed by atoms with Crippen LogP contribution in [0.3, 0.4) is 0 Å². The van der Waals surface area contributed by atoms with Crippen LogP contribution in [0.1, 0.15) is 24.4 Å². The van der Waals surface area contributed by atoms with Crippen molar-refractivity contribution in [1.82, 2.24) is 10.2 Å². The summed E-state index contributed by atoms with van der Waals surface area (Å²) in [5.74, 6) is 0. The number of nitrogens with zero attached hydrogens (tertiary/aromatic N) is 1. The fourth-order valence-electron chi connectivity index (χ4n) is 2.57. The number of hydrogen-bond donors (Lipinski definition) is 1. The molecule has 2 rings (SSSR count). The Balaban J connectivity index is 2.24. The molecule has 104 valence electrons. The minimum atomic E-state index is 0.410. The molecular weight excluding hydrogens is 324 g/mol. The molecular formula is C15H20BrClN2. The number of halogens is 2. The largest absolute Gasteiger partial charge is 0.314 e. The summed E-state index contributed by atoms with van der Waals surface area (Å²) < 4.78 is 1.14. The Morgan fingerprint density at radius 2 is 2.16 bits per heavy atom. The smallest absolute Gasteiger partial charge is 0.0410 e. The SMILES string of the molecule is C=CCC[C@H](c1cc(Cl)ccc1Br)N1CCNCC1. The lowest BCUT2D eigenvalue weighted by molar-refractivity contribution is 0.165. The Labute approximate surface area is 129 Å². The van der Waals surface area contributed by atoms with E-state index in [2.05, 4.69) is 38.8 Å². The van der Waals surface area contributed by atoms with Gasteiger partial charge in [-0.2, -0.15) is 0 Å². The van der Waals surface area contributed by atoms with Crippen LogP contribution in [0.5, 0.6) is 0 Å². The van der Waals surface area contributed by atoms with Crippen molar-refractivity contribution in [3.63, 3.8) is 0 Å². The molecule has 1 heterocycles. The molecule has 1 aliphatic rings. The highest BCUT2D eigenvalue weighted by molar-refractivity contribution is 9.10. The molecule has 1 aromatic carbocycles. The quantitative estimate of drug-likeness (QED) is 0.813. The van der Waals surface area contributed by atoms with Gasteiger partial charge < -0.3 is 5.32 Å². The fraction of sp³-hybridized carbons (Fsp3) is 0.467. The summed E-state index contributed by atoms with van der Waals surface area (Å²) in [5.41, 5.74) is 1.29. The van der Waals surface area contributed by atoms with E-state index in [1.54, 1.807) is 0 Å². The van der Waals surface area contributed by atoms with Crippen LogP contribution in [0.4, 0.5) is 0 Å². The van der Waals surface area contributed by atoms with Crippen molar-refractivity contribution in [3.8, 4) is 0 Å². The molecule has 0 bridgehead atoms. The number of allylic oxidation sites excluding steroid dienone is 1. The molecule has 0 aromatic heterocycles. The average molecular weight is 344 g/mol. The number of piperazine rings is 1. The van der Waals surface area contributed by atoms with Crippen LogP contribution in [0.25, 0.3) is 0 Å². The van der Waals surface area contributed by atoms with Crippen LogP contribution in [0.15, 0.2) is 35.3 Å². The van der Waals surface area contributed by atoms with Crippen molar-refractivity contribution >= 4 is 27.5 Å². The van der Waals surface area contributed by atoms with Gasteiger partial charge in [0.05, 0.1) is 0 Å². The summed E-state index contributed by atoms with van der Waals surface area (Å²) in [5, 5.41) is 4.21. The van der Waals surface area contributed by atoms with Gasteiger partial charge in [0.25, 0.3) is 0 Å². The van der Waals surface area contributed by atoms with E-state index in [0.717, 1.165) is 48.5 Å². The second kappa shape index (κ2) is 7.44. The van der Waals surface area contributed by atoms with Crippen molar-refractivity contribution in [2.75, 3.05) is 26.2 Å². The number of rotatable bonds is 5. The molecule has 2 nitrogen and oxygen atoms in total. The van der Waals surface area contributed by atoms with Crippen molar-refractivity contribution < 1.29 is 0 Å². The van der Waals surface area contributed by atoms with Crippen molar-refractivity contribution in [1.29, 1.82) is 0 Å². The van der Waals surface area contributed by atoms with Crippen LogP contribution in [0.2, 0.25) is 5.02 Å². The molecule has 0 aliphatic carbocycles. The van der Waals surface area contributed by atoms with Crippen LogP contribution in [-0.2, 0) is 0 Å². The average Bonchev–Trinajstić information content (AvgIpc) is 2.44. The molecule has 0 amide bonds. The molecule has 1 fully saturated rings. The van der Waals surface area contributed by atoms with E-state index < -0.39 is 0 Å². The normalized spacial score (nSPS) is 18.2. The van der Waals surface area contributed by atoms with Crippen LogP contribution >= 0.6 is 27.5 Å². The predicted octanol–water partition coefficient (Wildman–Crippen LogP) is 4.02. The van der Waals surface area contributed by atoms with Crippen LogP contribution in [-0.4, -0.2) is 31.1 Å². The van der Waals surface area contributed by atoms with E-state index in [0.29, 0.717) is 6.04 Å². The number of benzene rings is 1. The highest BCUT2D eigenvalue weighted by Crippen LogP contribution is 2.33. The van der Waals surface area contributed by atoms with Gasteiger partial charge >= 0.3 is 0 Å². The van der Waals surface area contributed by atoms with Gasteiger partial charge in [-0.25, -0.2) is 0 Å². The standard InChI is InChI=1S/C15H20BrClN2/c1-2-3-4-15(19-9-7-18-8-10-19)13-11-12(17)5-6-14(13)16/h2,5-6,11,15,18H,1,3-4,7-10H2/t15-/m1/s1. The van der Waals surface area contributed by atoms with Gasteiger partial charge in [0.1, 0.15) is 0 Å². The maximum atomic E-state index is 6.16. The van der Waals surface area contributed by atoms with Crippen LogP contribution < -0.4 is 5.32 Å². The third kappa shape index (κ3) is 4.06. The van der Waals surface area contributed by atoms with E-state index >= 15 is 0 Å². The van der Waals surface area contributed by atoms with Gasteiger partial charge in [0, 0.05) is 41.7 Å². The van der Waals surface area contributed by atoms with Gasteiger partial charge in [-0.05, 0) is 36.6 Å². The lowest BCUT2D eigenvalue weighted by Gasteiger charge is -2.35. The first-order chi connectivity index (χ1) is 9.22. The summed E-state index contributed by atoms with van der Waals surface area (Å²) in [6.07, 6.45) is 4.10. The summed E-state index contributed by atoms with van der Waals surface area (Å²) in [6, 6.07) is 6.47. The Hall–Kier alpha value is -0.350. The molecule has 0 spiro atoms. The zero-order valence-corrected chi connectivity index (χ0v) is 13.4. The summed E-state index contributed by atoms with van der Waals surface area (Å²) in [6.45, 7) is 8.13. The van der Waals surface area contributed by atoms with Crippen LogP contribution in [0, 0.1) is 0 Å². The third-order valence-electron chi connectivity index (χ3n) is 3.55. The molecule has 0 unspecified atom stereocenters. The van der Waals surface area contributed by atoms with E-state index in [1.807, 2.05) is 18.2 Å². The number of nitrogens with one attached hydrogen (secondary N) is 1. The van der Waals surface area contributed by atoms with E-state index in [-0.39, 0.29) is 0 Å². The van der Waals surface area contributed by atoms with Gasteiger partial charge in [0.2, 0.25) is 0 Å². The highest BCUT2D eigenvalue weighted by atomic mass is 79.9. The highest BCUT2D eigenvalue weighted by Gasteiger charge is 2.23. The maximum Gasteiger partial charge on any atom is 0.0410 e. The first kappa shape index (κ1) is 15.0. The van der Waals surface area contributed by atoms with Gasteiger partial charge in [0.15, 0.2) is 0 Å². The summed E-state index contributed by atoms with van der Waals surface area (Å²) in [7, 11) is 0. The first-order valence-electron chi connectivity index (χ1n) is 6.73. The van der Waals surface area contributed by atoms with Crippen molar-refractivity contribution in [3.05, 3.63) is 45.9 Å². The van der Waals surface area contributed by atoms with Gasteiger partial charge in [-0.1, -0.05) is 33.6 Å².